The lowest BCUT2D eigenvalue weighted by Gasteiger charge is -2.27. The fraction of sp³-hybridized carbons (Fsp3) is 0.316. The third-order valence-electron chi connectivity index (χ3n) is 4.20. The van der Waals surface area contributed by atoms with Gasteiger partial charge in [0.25, 0.3) is 0 Å². The molecule has 0 aliphatic carbocycles. The van der Waals surface area contributed by atoms with Crippen LogP contribution in [0.3, 0.4) is 0 Å². The standard InChI is InChI=1S/C19H21N3O4/c23-13(11-24-17-7-3-4-16-15(17)10-21-22-16)8-20-9-14-12-25-18-5-1-2-6-19(18)26-14/h1-7,10,13-14,20,23H,8-9,11-12H2,(H,21,22). The minimum absolute atomic E-state index is 0.0855. The largest absolute Gasteiger partial charge is 0.490 e. The SMILES string of the molecule is OC(CNCC1COc2ccccc2O1)COc1cccc2[nH]ncc12. The first kappa shape index (κ1) is 16.7. The minimum Gasteiger partial charge on any atom is -0.490 e. The quantitative estimate of drug-likeness (QED) is 0.598. The van der Waals surface area contributed by atoms with Crippen molar-refractivity contribution < 1.29 is 19.3 Å². The Balaban J connectivity index is 1.21. The van der Waals surface area contributed by atoms with Crippen LogP contribution >= 0.6 is 0 Å². The third-order valence-corrected chi connectivity index (χ3v) is 4.20. The summed E-state index contributed by atoms with van der Waals surface area (Å²) in [6.45, 7) is 1.67. The lowest BCUT2D eigenvalue weighted by atomic mass is 10.2. The van der Waals surface area contributed by atoms with Crippen molar-refractivity contribution in [3.8, 4) is 17.2 Å². The van der Waals surface area contributed by atoms with E-state index >= 15 is 0 Å². The number of nitrogens with zero attached hydrogens (tertiary/aromatic N) is 1. The number of hydrogen-bond donors (Lipinski definition) is 3. The molecule has 26 heavy (non-hydrogen) atoms. The number of aliphatic hydroxyl groups excluding tert-OH is 1. The lowest BCUT2D eigenvalue weighted by molar-refractivity contribution is 0.0780. The average Bonchev–Trinajstić information content (AvgIpc) is 3.15. The molecule has 3 aromatic rings. The number of benzene rings is 2. The van der Waals surface area contributed by atoms with E-state index in [-0.39, 0.29) is 12.7 Å². The second-order valence-electron chi connectivity index (χ2n) is 6.21. The van der Waals surface area contributed by atoms with E-state index in [4.69, 9.17) is 14.2 Å². The van der Waals surface area contributed by atoms with Crippen LogP contribution in [-0.4, -0.2) is 53.8 Å². The molecule has 136 valence electrons. The van der Waals surface area contributed by atoms with Gasteiger partial charge in [-0.3, -0.25) is 5.10 Å². The maximum absolute atomic E-state index is 10.1. The number of para-hydroxylation sites is 2. The van der Waals surface area contributed by atoms with E-state index in [9.17, 15) is 5.11 Å². The Morgan fingerprint density at radius 1 is 1.23 bits per heavy atom. The molecule has 1 aromatic heterocycles. The van der Waals surface area contributed by atoms with E-state index in [1.807, 2.05) is 42.5 Å². The van der Waals surface area contributed by atoms with Crippen LogP contribution in [0.4, 0.5) is 0 Å². The number of aliphatic hydroxyl groups is 1. The zero-order valence-electron chi connectivity index (χ0n) is 14.2. The van der Waals surface area contributed by atoms with Gasteiger partial charge in [0.15, 0.2) is 11.5 Å². The number of aromatic nitrogens is 2. The van der Waals surface area contributed by atoms with E-state index < -0.39 is 6.10 Å². The summed E-state index contributed by atoms with van der Waals surface area (Å²) in [6.07, 6.45) is 1.000. The number of nitrogens with one attached hydrogen (secondary N) is 2. The van der Waals surface area contributed by atoms with Gasteiger partial charge in [-0.15, -0.1) is 0 Å². The average molecular weight is 355 g/mol. The first-order valence-electron chi connectivity index (χ1n) is 8.62. The van der Waals surface area contributed by atoms with Crippen molar-refractivity contribution in [1.82, 2.24) is 15.5 Å². The molecule has 0 amide bonds. The van der Waals surface area contributed by atoms with E-state index in [1.54, 1.807) is 6.20 Å². The molecule has 0 spiro atoms. The molecule has 2 unspecified atom stereocenters. The molecule has 0 radical (unpaired) electrons. The summed E-state index contributed by atoms with van der Waals surface area (Å²) in [7, 11) is 0. The van der Waals surface area contributed by atoms with Gasteiger partial charge in [-0.25, -0.2) is 0 Å². The molecule has 3 N–H and O–H groups in total. The van der Waals surface area contributed by atoms with Crippen molar-refractivity contribution in [2.24, 2.45) is 0 Å². The molecule has 1 aliphatic rings. The van der Waals surface area contributed by atoms with E-state index in [0.29, 0.717) is 25.4 Å². The lowest BCUT2D eigenvalue weighted by Crippen LogP contribution is -2.41. The van der Waals surface area contributed by atoms with Crippen LogP contribution in [0.5, 0.6) is 17.2 Å². The highest BCUT2D eigenvalue weighted by Gasteiger charge is 2.20. The zero-order chi connectivity index (χ0) is 17.8. The van der Waals surface area contributed by atoms with Crippen LogP contribution in [0.25, 0.3) is 10.9 Å². The van der Waals surface area contributed by atoms with Crippen molar-refractivity contribution >= 4 is 10.9 Å². The highest BCUT2D eigenvalue weighted by molar-refractivity contribution is 5.84. The third kappa shape index (κ3) is 3.74. The summed E-state index contributed by atoms with van der Waals surface area (Å²) in [4.78, 5) is 0. The molecule has 4 rings (SSSR count). The van der Waals surface area contributed by atoms with Gasteiger partial charge in [0, 0.05) is 13.1 Å². The number of rotatable bonds is 7. The van der Waals surface area contributed by atoms with Crippen LogP contribution in [0, 0.1) is 0 Å². The van der Waals surface area contributed by atoms with Gasteiger partial charge in [-0.2, -0.15) is 5.10 Å². The Hall–Kier alpha value is -2.77. The Bertz CT molecular complexity index is 867. The van der Waals surface area contributed by atoms with Crippen molar-refractivity contribution in [1.29, 1.82) is 0 Å². The maximum atomic E-state index is 10.1. The summed E-state index contributed by atoms with van der Waals surface area (Å²) >= 11 is 0. The molecular weight excluding hydrogens is 334 g/mol. The molecule has 2 atom stereocenters. The van der Waals surface area contributed by atoms with E-state index in [1.165, 1.54) is 0 Å². The Kier molecular flexibility index (Phi) is 4.90. The summed E-state index contributed by atoms with van der Waals surface area (Å²) in [6, 6.07) is 13.3. The van der Waals surface area contributed by atoms with Gasteiger partial charge in [-0.1, -0.05) is 18.2 Å². The molecule has 0 saturated heterocycles. The predicted molar refractivity (Wildman–Crippen MR) is 96.8 cm³/mol. The predicted octanol–water partition coefficient (Wildman–Crippen LogP) is 1.73. The second kappa shape index (κ2) is 7.63. The van der Waals surface area contributed by atoms with Crippen LogP contribution in [0.1, 0.15) is 0 Å². The minimum atomic E-state index is -0.631. The Morgan fingerprint density at radius 2 is 2.12 bits per heavy atom. The van der Waals surface area contributed by atoms with Gasteiger partial charge in [0.2, 0.25) is 0 Å². The number of ether oxygens (including phenoxy) is 3. The number of hydrogen-bond acceptors (Lipinski definition) is 6. The van der Waals surface area contributed by atoms with E-state index in [0.717, 1.165) is 22.4 Å². The fourth-order valence-corrected chi connectivity index (χ4v) is 2.89. The summed E-state index contributed by atoms with van der Waals surface area (Å²) < 4.78 is 17.3. The summed E-state index contributed by atoms with van der Waals surface area (Å²) in [5, 5.41) is 21.1. The van der Waals surface area contributed by atoms with Crippen LogP contribution in [0.15, 0.2) is 48.7 Å². The van der Waals surface area contributed by atoms with Crippen molar-refractivity contribution in [2.45, 2.75) is 12.2 Å². The van der Waals surface area contributed by atoms with Crippen molar-refractivity contribution in [2.75, 3.05) is 26.3 Å². The van der Waals surface area contributed by atoms with Crippen LogP contribution in [-0.2, 0) is 0 Å². The number of H-pyrrole nitrogens is 1. The molecule has 7 heteroatoms. The number of fused-ring (bicyclic) bond motifs is 2. The van der Waals surface area contributed by atoms with Gasteiger partial charge in [-0.05, 0) is 24.3 Å². The zero-order valence-corrected chi connectivity index (χ0v) is 14.2. The highest BCUT2D eigenvalue weighted by Crippen LogP contribution is 2.30. The van der Waals surface area contributed by atoms with Crippen LogP contribution in [0.2, 0.25) is 0 Å². The second-order valence-corrected chi connectivity index (χ2v) is 6.21. The fourth-order valence-electron chi connectivity index (χ4n) is 2.89. The van der Waals surface area contributed by atoms with Gasteiger partial charge < -0.3 is 24.6 Å². The summed E-state index contributed by atoms with van der Waals surface area (Å²) in [5.41, 5.74) is 0.907. The molecule has 7 nitrogen and oxygen atoms in total. The molecular formula is C19H21N3O4. The highest BCUT2D eigenvalue weighted by atomic mass is 16.6. The molecule has 2 aromatic carbocycles. The Morgan fingerprint density at radius 3 is 3.04 bits per heavy atom. The first-order valence-corrected chi connectivity index (χ1v) is 8.62. The number of aromatic amines is 1. The van der Waals surface area contributed by atoms with E-state index in [2.05, 4.69) is 15.5 Å². The molecule has 0 saturated carbocycles. The normalized spacial score (nSPS) is 17.2. The first-order chi connectivity index (χ1) is 12.8. The van der Waals surface area contributed by atoms with Crippen molar-refractivity contribution in [3.63, 3.8) is 0 Å². The molecule has 1 aliphatic heterocycles. The van der Waals surface area contributed by atoms with Gasteiger partial charge in [0.1, 0.15) is 31.2 Å². The maximum Gasteiger partial charge on any atom is 0.161 e. The smallest absolute Gasteiger partial charge is 0.161 e. The van der Waals surface area contributed by atoms with Crippen LogP contribution < -0.4 is 19.5 Å². The Labute approximate surface area is 150 Å². The molecule has 0 fully saturated rings. The van der Waals surface area contributed by atoms with Crippen molar-refractivity contribution in [3.05, 3.63) is 48.7 Å². The topological polar surface area (TPSA) is 88.6 Å². The molecule has 2 heterocycles. The van der Waals surface area contributed by atoms with Gasteiger partial charge >= 0.3 is 0 Å². The monoisotopic (exact) mass is 355 g/mol. The molecule has 0 bridgehead atoms. The summed E-state index contributed by atoms with van der Waals surface area (Å²) in [5.74, 6) is 2.23. The van der Waals surface area contributed by atoms with Gasteiger partial charge in [0.05, 0.1) is 17.1 Å².